The number of ether oxygens (including phenoxy) is 1. The van der Waals surface area contributed by atoms with Crippen LogP contribution >= 0.6 is 0 Å². The first-order valence-corrected chi connectivity index (χ1v) is 9.76. The molecule has 0 bridgehead atoms. The van der Waals surface area contributed by atoms with Crippen LogP contribution in [0.4, 0.5) is 4.79 Å². The summed E-state index contributed by atoms with van der Waals surface area (Å²) in [5.41, 5.74) is 1.07. The van der Waals surface area contributed by atoms with Crippen molar-refractivity contribution in [2.45, 2.75) is 43.6 Å². The van der Waals surface area contributed by atoms with Crippen molar-refractivity contribution in [2.75, 3.05) is 14.1 Å². The Balaban J connectivity index is 1.44. The Morgan fingerprint density at radius 2 is 1.88 bits per heavy atom. The minimum Gasteiger partial charge on any atom is -0.445 e. The number of hydrogen-bond acceptors (Lipinski definition) is 4. The summed E-state index contributed by atoms with van der Waals surface area (Å²) < 4.78 is 31.3. The molecular formula is C17H24N2O4S. The van der Waals surface area contributed by atoms with Gasteiger partial charge < -0.3 is 9.64 Å². The fourth-order valence-electron chi connectivity index (χ4n) is 3.81. The number of carbonyl (C=O) groups is 1. The summed E-state index contributed by atoms with van der Waals surface area (Å²) in [4.78, 5) is 13.8. The van der Waals surface area contributed by atoms with Crippen molar-refractivity contribution >= 4 is 16.1 Å². The third-order valence-corrected chi connectivity index (χ3v) is 7.20. The molecule has 6 nitrogen and oxygen atoms in total. The molecule has 0 unspecified atom stereocenters. The number of nitrogens with zero attached hydrogens (tertiary/aromatic N) is 1. The number of carbonyl (C=O) groups excluding carboxylic acids is 1. The summed E-state index contributed by atoms with van der Waals surface area (Å²) >= 11 is 0. The van der Waals surface area contributed by atoms with Crippen LogP contribution in [0, 0.1) is 5.41 Å². The molecule has 1 amide bonds. The van der Waals surface area contributed by atoms with Gasteiger partial charge in [-0.2, -0.15) is 0 Å². The first-order chi connectivity index (χ1) is 11.4. The Hall–Kier alpha value is -1.60. The van der Waals surface area contributed by atoms with Crippen LogP contribution in [-0.2, 0) is 21.4 Å². The molecule has 24 heavy (non-hydrogen) atoms. The summed E-state index contributed by atoms with van der Waals surface area (Å²) in [5, 5.41) is -0.279. The molecule has 0 radical (unpaired) electrons. The van der Waals surface area contributed by atoms with Gasteiger partial charge in [0.25, 0.3) is 0 Å². The SMILES string of the molecule is CNS(=O)(=O)C1CC2(CC(N(C)C(=O)OCc3ccccc3)C2)C1. The number of amides is 1. The average molecular weight is 352 g/mol. The molecule has 1 aromatic rings. The Labute approximate surface area is 143 Å². The van der Waals surface area contributed by atoms with Crippen LogP contribution in [0.3, 0.4) is 0 Å². The van der Waals surface area contributed by atoms with Crippen molar-refractivity contribution in [3.63, 3.8) is 0 Å². The molecule has 2 aliphatic carbocycles. The van der Waals surface area contributed by atoms with Gasteiger partial charge in [0.15, 0.2) is 0 Å². The van der Waals surface area contributed by atoms with Gasteiger partial charge in [0.2, 0.25) is 10.0 Å². The van der Waals surface area contributed by atoms with Crippen LogP contribution in [0.1, 0.15) is 31.2 Å². The Morgan fingerprint density at radius 1 is 1.25 bits per heavy atom. The zero-order chi connectivity index (χ0) is 17.4. The molecule has 1 N–H and O–H groups in total. The lowest BCUT2D eigenvalue weighted by Crippen LogP contribution is -2.60. The van der Waals surface area contributed by atoms with Crippen LogP contribution in [0.25, 0.3) is 0 Å². The molecule has 132 valence electrons. The van der Waals surface area contributed by atoms with Crippen LogP contribution in [0.15, 0.2) is 30.3 Å². The zero-order valence-corrected chi connectivity index (χ0v) is 14.9. The first-order valence-electron chi connectivity index (χ1n) is 8.21. The van der Waals surface area contributed by atoms with Gasteiger partial charge in [-0.3, -0.25) is 0 Å². The second kappa shape index (κ2) is 6.37. The lowest BCUT2D eigenvalue weighted by molar-refractivity contribution is -0.0421. The number of nitrogens with one attached hydrogen (secondary N) is 1. The fraction of sp³-hybridized carbons (Fsp3) is 0.588. The minimum absolute atomic E-state index is 0.104. The maximum atomic E-state index is 12.1. The van der Waals surface area contributed by atoms with E-state index in [1.54, 1.807) is 11.9 Å². The minimum atomic E-state index is -3.16. The maximum Gasteiger partial charge on any atom is 0.410 e. The summed E-state index contributed by atoms with van der Waals surface area (Å²) in [6, 6.07) is 9.73. The lowest BCUT2D eigenvalue weighted by Gasteiger charge is -2.58. The summed E-state index contributed by atoms with van der Waals surface area (Å²) in [6.45, 7) is 0.268. The quantitative estimate of drug-likeness (QED) is 0.881. The van der Waals surface area contributed by atoms with Crippen molar-refractivity contribution in [1.82, 2.24) is 9.62 Å². The second-order valence-electron chi connectivity index (χ2n) is 6.99. The molecule has 2 aliphatic rings. The third-order valence-electron chi connectivity index (χ3n) is 5.42. The number of benzene rings is 1. The van der Waals surface area contributed by atoms with E-state index in [1.807, 2.05) is 30.3 Å². The smallest absolute Gasteiger partial charge is 0.410 e. The maximum absolute atomic E-state index is 12.1. The number of rotatable bonds is 5. The van der Waals surface area contributed by atoms with E-state index >= 15 is 0 Å². The average Bonchev–Trinajstić information content (AvgIpc) is 2.50. The van der Waals surface area contributed by atoms with E-state index in [9.17, 15) is 13.2 Å². The molecule has 0 saturated heterocycles. The molecule has 2 saturated carbocycles. The summed E-state index contributed by atoms with van der Waals surface area (Å²) in [5.74, 6) is 0. The van der Waals surface area contributed by atoms with Gasteiger partial charge in [-0.1, -0.05) is 30.3 Å². The first kappa shape index (κ1) is 17.2. The monoisotopic (exact) mass is 352 g/mol. The van der Waals surface area contributed by atoms with E-state index in [0.29, 0.717) is 12.8 Å². The molecule has 0 atom stereocenters. The Kier molecular flexibility index (Phi) is 4.57. The van der Waals surface area contributed by atoms with Gasteiger partial charge in [-0.05, 0) is 43.7 Å². The third kappa shape index (κ3) is 3.28. The van der Waals surface area contributed by atoms with E-state index in [0.717, 1.165) is 18.4 Å². The van der Waals surface area contributed by atoms with Gasteiger partial charge in [-0.25, -0.2) is 17.9 Å². The van der Waals surface area contributed by atoms with Gasteiger partial charge in [-0.15, -0.1) is 0 Å². The van der Waals surface area contributed by atoms with E-state index in [1.165, 1.54) is 7.05 Å². The number of hydrogen-bond donors (Lipinski definition) is 1. The largest absolute Gasteiger partial charge is 0.445 e. The van der Waals surface area contributed by atoms with Crippen molar-refractivity contribution < 1.29 is 17.9 Å². The Bertz CT molecular complexity index is 691. The van der Waals surface area contributed by atoms with E-state index in [2.05, 4.69) is 4.72 Å². The summed E-state index contributed by atoms with van der Waals surface area (Å²) in [6.07, 6.45) is 2.79. The van der Waals surface area contributed by atoms with Gasteiger partial charge in [0, 0.05) is 13.1 Å². The van der Waals surface area contributed by atoms with Gasteiger partial charge in [0.05, 0.1) is 5.25 Å². The highest BCUT2D eigenvalue weighted by atomic mass is 32.2. The standard InChI is InChI=1S/C17H24N2O4S/c1-18-24(21,22)15-10-17(11-15)8-14(9-17)19(2)16(20)23-12-13-6-4-3-5-7-13/h3-7,14-15,18H,8-12H2,1-2H3. The highest BCUT2D eigenvalue weighted by molar-refractivity contribution is 7.90. The van der Waals surface area contributed by atoms with Crippen molar-refractivity contribution in [1.29, 1.82) is 0 Å². The highest BCUT2D eigenvalue weighted by Crippen LogP contribution is 2.58. The zero-order valence-electron chi connectivity index (χ0n) is 14.1. The summed E-state index contributed by atoms with van der Waals surface area (Å²) in [7, 11) is 0.0568. The molecule has 2 fully saturated rings. The van der Waals surface area contributed by atoms with Crippen LogP contribution in [-0.4, -0.2) is 44.8 Å². The van der Waals surface area contributed by atoms with Crippen molar-refractivity contribution in [3.05, 3.63) is 35.9 Å². The van der Waals surface area contributed by atoms with Gasteiger partial charge in [0.1, 0.15) is 6.61 Å². The van der Waals surface area contributed by atoms with Crippen molar-refractivity contribution in [3.8, 4) is 0 Å². The molecule has 1 aromatic carbocycles. The van der Waals surface area contributed by atoms with Crippen LogP contribution in [0.2, 0.25) is 0 Å². The van der Waals surface area contributed by atoms with Gasteiger partial charge >= 0.3 is 6.09 Å². The van der Waals surface area contributed by atoms with Crippen LogP contribution < -0.4 is 4.72 Å². The normalized spacial score (nSPS) is 28.8. The number of sulfonamides is 1. The highest BCUT2D eigenvalue weighted by Gasteiger charge is 2.57. The molecule has 0 aromatic heterocycles. The van der Waals surface area contributed by atoms with Crippen molar-refractivity contribution in [2.24, 2.45) is 5.41 Å². The molecule has 3 rings (SSSR count). The lowest BCUT2D eigenvalue weighted by atomic mass is 9.53. The predicted molar refractivity (Wildman–Crippen MR) is 90.8 cm³/mol. The molecule has 0 aliphatic heterocycles. The topological polar surface area (TPSA) is 75.7 Å². The van der Waals surface area contributed by atoms with E-state index < -0.39 is 10.0 Å². The second-order valence-corrected chi connectivity index (χ2v) is 9.16. The molecule has 7 heteroatoms. The molecule has 0 heterocycles. The van der Waals surface area contributed by atoms with Crippen LogP contribution in [0.5, 0.6) is 0 Å². The molecule has 1 spiro atoms. The Morgan fingerprint density at radius 3 is 2.46 bits per heavy atom. The molecular weight excluding hydrogens is 328 g/mol. The predicted octanol–water partition coefficient (Wildman–Crippen LogP) is 2.12. The fourth-order valence-corrected chi connectivity index (χ4v) is 5.29. The van der Waals surface area contributed by atoms with E-state index in [-0.39, 0.29) is 29.4 Å². The van der Waals surface area contributed by atoms with E-state index in [4.69, 9.17) is 4.74 Å².